The Bertz CT molecular complexity index is 186. The fourth-order valence-electron chi connectivity index (χ4n) is 0.577. The van der Waals surface area contributed by atoms with Crippen LogP contribution in [0.2, 0.25) is 0 Å². The summed E-state index contributed by atoms with van der Waals surface area (Å²) in [6.07, 6.45) is 3.92. The third-order valence-corrected chi connectivity index (χ3v) is 1.32. The van der Waals surface area contributed by atoms with Gasteiger partial charge in [-0.25, -0.2) is 0 Å². The van der Waals surface area contributed by atoms with E-state index in [0.717, 1.165) is 38.8 Å². The van der Waals surface area contributed by atoms with Crippen molar-refractivity contribution in [1.82, 2.24) is 0 Å². The average molecular weight is 276 g/mol. The SMILES string of the molecule is O=S(=O)([O-])[O-].[NH3+]CCCCO.[NH3+]CCCCO. The molecule has 0 unspecified atom stereocenters. The largest absolute Gasteiger partial charge is 0.759 e. The van der Waals surface area contributed by atoms with E-state index in [4.69, 9.17) is 27.7 Å². The Labute approximate surface area is 102 Å². The van der Waals surface area contributed by atoms with E-state index in [1.807, 2.05) is 0 Å². The molecule has 8 nitrogen and oxygen atoms in total. The molecule has 0 aliphatic heterocycles. The van der Waals surface area contributed by atoms with Crippen LogP contribution in [0.1, 0.15) is 25.7 Å². The molecule has 0 aromatic carbocycles. The van der Waals surface area contributed by atoms with Gasteiger partial charge >= 0.3 is 0 Å². The first-order chi connectivity index (χ1) is 7.83. The van der Waals surface area contributed by atoms with Crippen molar-refractivity contribution in [3.05, 3.63) is 0 Å². The minimum absolute atomic E-state index is 0.315. The van der Waals surface area contributed by atoms with Crippen molar-refractivity contribution >= 4 is 10.4 Å². The summed E-state index contributed by atoms with van der Waals surface area (Å²) in [5.41, 5.74) is 7.22. The lowest BCUT2D eigenvalue weighted by molar-refractivity contribution is -0.369. The van der Waals surface area contributed by atoms with Gasteiger partial charge in [0.05, 0.1) is 13.1 Å². The van der Waals surface area contributed by atoms with Crippen LogP contribution in [0.5, 0.6) is 0 Å². The molecule has 9 heteroatoms. The van der Waals surface area contributed by atoms with E-state index < -0.39 is 10.4 Å². The minimum Gasteiger partial charge on any atom is -0.759 e. The van der Waals surface area contributed by atoms with E-state index in [1.165, 1.54) is 0 Å². The summed E-state index contributed by atoms with van der Waals surface area (Å²) in [5, 5.41) is 16.3. The Morgan fingerprint density at radius 2 is 1.06 bits per heavy atom. The van der Waals surface area contributed by atoms with Crippen molar-refractivity contribution in [2.75, 3.05) is 26.3 Å². The van der Waals surface area contributed by atoms with Gasteiger partial charge in [-0.15, -0.1) is 0 Å². The molecule has 0 aliphatic rings. The summed E-state index contributed by atoms with van der Waals surface area (Å²) in [5.74, 6) is 0. The average Bonchev–Trinajstić information content (AvgIpc) is 2.22. The summed E-state index contributed by atoms with van der Waals surface area (Å²) in [6, 6.07) is 0. The van der Waals surface area contributed by atoms with Gasteiger partial charge in [0.2, 0.25) is 0 Å². The standard InChI is InChI=1S/2C4H11NO.H2O4S/c2*5-3-1-2-4-6;1-5(2,3)4/h2*6H,1-5H2;(H2,1,2,3,4). The Morgan fingerprint density at radius 1 is 0.824 bits per heavy atom. The molecule has 0 aromatic heterocycles. The van der Waals surface area contributed by atoms with Crippen LogP contribution in [0.3, 0.4) is 0 Å². The number of aliphatic hydroxyl groups is 2. The Hall–Kier alpha value is -0.290. The third-order valence-electron chi connectivity index (χ3n) is 1.32. The van der Waals surface area contributed by atoms with Crippen LogP contribution in [-0.2, 0) is 10.4 Å². The minimum atomic E-state index is -5.17. The molecule has 0 amide bonds. The third kappa shape index (κ3) is 90.6. The molecule has 0 rings (SSSR count). The van der Waals surface area contributed by atoms with Crippen molar-refractivity contribution in [3.63, 3.8) is 0 Å². The monoisotopic (exact) mass is 276 g/mol. The van der Waals surface area contributed by atoms with Gasteiger partial charge in [-0.3, -0.25) is 8.42 Å². The number of hydrogen-bond acceptors (Lipinski definition) is 6. The predicted octanol–water partition coefficient (Wildman–Crippen LogP) is -3.34. The molecule has 0 heterocycles. The first kappa shape index (κ1) is 21.9. The molecule has 0 spiro atoms. The molecule has 17 heavy (non-hydrogen) atoms. The molecule has 0 bridgehead atoms. The Kier molecular flexibility index (Phi) is 23.3. The molecule has 8 N–H and O–H groups in total. The normalized spacial score (nSPS) is 9.76. The van der Waals surface area contributed by atoms with E-state index in [-0.39, 0.29) is 0 Å². The van der Waals surface area contributed by atoms with E-state index in [0.29, 0.717) is 13.2 Å². The molecular weight excluding hydrogens is 252 g/mol. The van der Waals surface area contributed by atoms with Gasteiger partial charge in [-0.05, 0) is 25.7 Å². The van der Waals surface area contributed by atoms with E-state index in [2.05, 4.69) is 11.5 Å². The van der Waals surface area contributed by atoms with Gasteiger partial charge in [-0.2, -0.15) is 0 Å². The topological polar surface area (TPSA) is 176 Å². The zero-order chi connectivity index (χ0) is 14.2. The number of aliphatic hydroxyl groups excluding tert-OH is 2. The first-order valence-corrected chi connectivity index (χ1v) is 6.63. The molecule has 0 radical (unpaired) electrons. The van der Waals surface area contributed by atoms with E-state index >= 15 is 0 Å². The quantitative estimate of drug-likeness (QED) is 0.224. The lowest BCUT2D eigenvalue weighted by atomic mass is 10.3. The van der Waals surface area contributed by atoms with Crippen LogP contribution in [0.25, 0.3) is 0 Å². The molecule has 0 aromatic rings. The maximum Gasteiger partial charge on any atom is 0.0740 e. The fraction of sp³-hybridized carbons (Fsp3) is 1.00. The van der Waals surface area contributed by atoms with Gasteiger partial charge in [0.15, 0.2) is 0 Å². The summed E-state index contributed by atoms with van der Waals surface area (Å²) < 4.78 is 34.1. The number of quaternary nitrogens is 2. The second kappa shape index (κ2) is 18.1. The van der Waals surface area contributed by atoms with Crippen molar-refractivity contribution in [2.24, 2.45) is 0 Å². The lowest BCUT2D eigenvalue weighted by Crippen LogP contribution is -2.50. The van der Waals surface area contributed by atoms with Crippen LogP contribution in [0.4, 0.5) is 0 Å². The first-order valence-electron chi connectivity index (χ1n) is 5.30. The van der Waals surface area contributed by atoms with Crippen LogP contribution >= 0.6 is 0 Å². The highest BCUT2D eigenvalue weighted by atomic mass is 32.3. The summed E-state index contributed by atoms with van der Waals surface area (Å²) >= 11 is 0. The predicted molar refractivity (Wildman–Crippen MR) is 58.6 cm³/mol. The smallest absolute Gasteiger partial charge is 0.0740 e. The van der Waals surface area contributed by atoms with Gasteiger partial charge in [0, 0.05) is 23.6 Å². The fourth-order valence-corrected chi connectivity index (χ4v) is 0.577. The van der Waals surface area contributed by atoms with E-state index in [9.17, 15) is 0 Å². The maximum absolute atomic E-state index is 8.52. The van der Waals surface area contributed by atoms with Gasteiger partial charge in [0.1, 0.15) is 0 Å². The van der Waals surface area contributed by atoms with Crippen LogP contribution in [0, 0.1) is 0 Å². The van der Waals surface area contributed by atoms with Crippen molar-refractivity contribution in [3.8, 4) is 0 Å². The number of hydrogen-bond donors (Lipinski definition) is 4. The van der Waals surface area contributed by atoms with Crippen LogP contribution in [-0.4, -0.2) is 54.0 Å². The van der Waals surface area contributed by atoms with Crippen LogP contribution in [0.15, 0.2) is 0 Å². The number of unbranched alkanes of at least 4 members (excludes halogenated alkanes) is 2. The van der Waals surface area contributed by atoms with Crippen molar-refractivity contribution < 1.29 is 39.2 Å². The molecule has 0 saturated carbocycles. The highest BCUT2D eigenvalue weighted by Crippen LogP contribution is 1.78. The second-order valence-corrected chi connectivity index (χ2v) is 3.79. The molecule has 0 aliphatic carbocycles. The maximum atomic E-state index is 8.52. The van der Waals surface area contributed by atoms with Gasteiger partial charge in [0.25, 0.3) is 0 Å². The number of rotatable bonds is 6. The summed E-state index contributed by atoms with van der Waals surface area (Å²) in [6.45, 7) is 2.52. The Morgan fingerprint density at radius 3 is 1.12 bits per heavy atom. The Balaban J connectivity index is -0.000000174. The molecule has 108 valence electrons. The van der Waals surface area contributed by atoms with Crippen LogP contribution < -0.4 is 11.5 Å². The molecular formula is C8H24N2O6S. The van der Waals surface area contributed by atoms with Crippen molar-refractivity contribution in [2.45, 2.75) is 25.7 Å². The lowest BCUT2D eigenvalue weighted by Gasteiger charge is -2.06. The summed E-state index contributed by atoms with van der Waals surface area (Å²) in [4.78, 5) is 0. The molecule has 0 fully saturated rings. The second-order valence-electron chi connectivity index (χ2n) is 2.98. The summed E-state index contributed by atoms with van der Waals surface area (Å²) in [7, 11) is -5.17. The zero-order valence-electron chi connectivity index (χ0n) is 10.0. The highest BCUT2D eigenvalue weighted by Gasteiger charge is 1.79. The van der Waals surface area contributed by atoms with Gasteiger partial charge < -0.3 is 30.8 Å². The molecule has 0 atom stereocenters. The molecule has 0 saturated heterocycles. The highest BCUT2D eigenvalue weighted by molar-refractivity contribution is 7.79. The van der Waals surface area contributed by atoms with Gasteiger partial charge in [-0.1, -0.05) is 0 Å². The van der Waals surface area contributed by atoms with E-state index in [1.54, 1.807) is 0 Å². The zero-order valence-corrected chi connectivity index (χ0v) is 10.8. The van der Waals surface area contributed by atoms with Crippen molar-refractivity contribution in [1.29, 1.82) is 0 Å².